The number of nitrogens with zero attached hydrogens (tertiary/aromatic N) is 3. The fourth-order valence-corrected chi connectivity index (χ4v) is 4.30. The zero-order valence-electron chi connectivity index (χ0n) is 17.0. The summed E-state index contributed by atoms with van der Waals surface area (Å²) in [6, 6.07) is 21.0. The molecule has 0 saturated carbocycles. The lowest BCUT2D eigenvalue weighted by molar-refractivity contribution is 0.653. The quantitative estimate of drug-likeness (QED) is 0.295. The normalized spacial score (nSPS) is 11.8. The van der Waals surface area contributed by atoms with Crippen molar-refractivity contribution in [1.82, 2.24) is 15.0 Å². The number of benzene rings is 3. The van der Waals surface area contributed by atoms with Crippen molar-refractivity contribution in [3.63, 3.8) is 0 Å². The molecule has 4 heteroatoms. The molecule has 3 heterocycles. The second kappa shape index (κ2) is 6.10. The van der Waals surface area contributed by atoms with Crippen LogP contribution in [0.2, 0.25) is 0 Å². The predicted octanol–water partition coefficient (Wildman–Crippen LogP) is 6.67. The molecule has 4 nitrogen and oxygen atoms in total. The number of fused-ring (bicyclic) bond motifs is 6. The van der Waals surface area contributed by atoms with Gasteiger partial charge in [-0.3, -0.25) is 0 Å². The Kier molecular flexibility index (Phi) is 3.48. The molecule has 0 spiro atoms. The largest absolute Gasteiger partial charge is 0.437 e. The Hall–Kier alpha value is -3.79. The average molecular weight is 389 g/mol. The van der Waals surface area contributed by atoms with Crippen LogP contribution in [0.4, 0.5) is 0 Å². The van der Waals surface area contributed by atoms with E-state index in [9.17, 15) is 0 Å². The molecule has 0 unspecified atom stereocenters. The highest BCUT2D eigenvalue weighted by molar-refractivity contribution is 6.14. The van der Waals surface area contributed by atoms with Crippen molar-refractivity contribution in [1.29, 1.82) is 0 Å². The molecular formula is C26H19N3O. The average Bonchev–Trinajstić information content (AvgIpc) is 3.10. The summed E-state index contributed by atoms with van der Waals surface area (Å²) in [6.45, 7) is 6.03. The van der Waals surface area contributed by atoms with Gasteiger partial charge in [-0.25, -0.2) is 15.0 Å². The number of furan rings is 1. The van der Waals surface area contributed by atoms with Crippen LogP contribution in [0.1, 0.15) is 17.1 Å². The lowest BCUT2D eigenvalue weighted by Crippen LogP contribution is -1.95. The predicted molar refractivity (Wildman–Crippen MR) is 122 cm³/mol. The summed E-state index contributed by atoms with van der Waals surface area (Å²) < 4.78 is 6.24. The van der Waals surface area contributed by atoms with Gasteiger partial charge in [0.2, 0.25) is 5.71 Å². The highest BCUT2D eigenvalue weighted by Crippen LogP contribution is 2.38. The smallest absolute Gasteiger partial charge is 0.227 e. The molecule has 0 N–H and O–H groups in total. The second-order valence-corrected chi connectivity index (χ2v) is 7.90. The van der Waals surface area contributed by atoms with Gasteiger partial charge in [0.15, 0.2) is 0 Å². The summed E-state index contributed by atoms with van der Waals surface area (Å²) in [4.78, 5) is 14.2. The molecule has 0 saturated heterocycles. The van der Waals surface area contributed by atoms with Crippen molar-refractivity contribution < 1.29 is 4.42 Å². The Labute approximate surface area is 173 Å². The number of hydrogen-bond donors (Lipinski definition) is 0. The number of pyridine rings is 1. The van der Waals surface area contributed by atoms with E-state index in [2.05, 4.69) is 66.5 Å². The minimum absolute atomic E-state index is 0.661. The van der Waals surface area contributed by atoms with E-state index < -0.39 is 0 Å². The van der Waals surface area contributed by atoms with Gasteiger partial charge in [-0.15, -0.1) is 0 Å². The van der Waals surface area contributed by atoms with Crippen LogP contribution in [0, 0.1) is 20.8 Å². The third-order valence-electron chi connectivity index (χ3n) is 5.71. The maximum absolute atomic E-state index is 6.24. The molecule has 6 aromatic rings. The maximum Gasteiger partial charge on any atom is 0.227 e. The lowest BCUT2D eigenvalue weighted by Gasteiger charge is -2.10. The lowest BCUT2D eigenvalue weighted by atomic mass is 9.99. The number of aromatic nitrogens is 3. The highest BCUT2D eigenvalue weighted by Gasteiger charge is 2.17. The van der Waals surface area contributed by atoms with E-state index in [0.717, 1.165) is 55.4 Å². The van der Waals surface area contributed by atoms with Crippen molar-refractivity contribution in [2.24, 2.45) is 0 Å². The standard InChI is InChI=1S/C26H19N3O/c1-14-7-9-17-10-12-20-23(28-16(3)29-24(20)22(17)13-14)21-6-4-5-18-19-11-8-15(2)27-26(19)30-25(18)21/h4-13H,1-3H3. The first-order chi connectivity index (χ1) is 14.6. The molecule has 0 bridgehead atoms. The fraction of sp³-hybridized carbons (Fsp3) is 0.115. The Balaban J connectivity index is 1.75. The van der Waals surface area contributed by atoms with Gasteiger partial charge in [0.25, 0.3) is 0 Å². The van der Waals surface area contributed by atoms with E-state index in [1.807, 2.05) is 19.9 Å². The molecule has 3 aromatic carbocycles. The first-order valence-corrected chi connectivity index (χ1v) is 10.1. The van der Waals surface area contributed by atoms with Crippen LogP contribution in [-0.2, 0) is 0 Å². The van der Waals surface area contributed by atoms with Gasteiger partial charge in [-0.2, -0.15) is 0 Å². The maximum atomic E-state index is 6.24. The van der Waals surface area contributed by atoms with Crippen molar-refractivity contribution in [3.05, 3.63) is 77.7 Å². The van der Waals surface area contributed by atoms with Gasteiger partial charge in [0.05, 0.1) is 11.2 Å². The van der Waals surface area contributed by atoms with E-state index >= 15 is 0 Å². The number of rotatable bonds is 1. The fourth-order valence-electron chi connectivity index (χ4n) is 4.30. The molecule has 30 heavy (non-hydrogen) atoms. The summed E-state index contributed by atoms with van der Waals surface area (Å²) in [5.74, 6) is 0.744. The molecule has 0 atom stereocenters. The molecule has 144 valence electrons. The first-order valence-electron chi connectivity index (χ1n) is 10.1. The minimum atomic E-state index is 0.661. The summed E-state index contributed by atoms with van der Waals surface area (Å²) in [5.41, 5.74) is 6.46. The minimum Gasteiger partial charge on any atom is -0.437 e. The number of hydrogen-bond acceptors (Lipinski definition) is 4. The van der Waals surface area contributed by atoms with Crippen LogP contribution in [0.5, 0.6) is 0 Å². The number of para-hydroxylation sites is 1. The Bertz CT molecular complexity index is 1630. The molecular weight excluding hydrogens is 370 g/mol. The Morgan fingerprint density at radius 2 is 1.53 bits per heavy atom. The van der Waals surface area contributed by atoms with E-state index in [4.69, 9.17) is 14.4 Å². The first kappa shape index (κ1) is 17.1. The van der Waals surface area contributed by atoms with Crippen LogP contribution in [-0.4, -0.2) is 15.0 Å². The SMILES string of the molecule is Cc1ccc2ccc3c(-c4cccc5c4oc4nc(C)ccc45)nc(C)nc3c2c1. The number of aryl methyl sites for hydroxylation is 3. The van der Waals surface area contributed by atoms with Gasteiger partial charge >= 0.3 is 0 Å². The summed E-state index contributed by atoms with van der Waals surface area (Å²) in [5, 5.41) is 5.42. The van der Waals surface area contributed by atoms with Crippen molar-refractivity contribution in [3.8, 4) is 11.3 Å². The molecule has 0 fully saturated rings. The van der Waals surface area contributed by atoms with Gasteiger partial charge in [-0.1, -0.05) is 35.9 Å². The van der Waals surface area contributed by atoms with E-state index in [0.29, 0.717) is 5.71 Å². The van der Waals surface area contributed by atoms with E-state index in [1.54, 1.807) is 0 Å². The summed E-state index contributed by atoms with van der Waals surface area (Å²) in [7, 11) is 0. The van der Waals surface area contributed by atoms with Gasteiger partial charge in [0, 0.05) is 32.8 Å². The molecule has 0 aliphatic carbocycles. The molecule has 3 aromatic heterocycles. The van der Waals surface area contributed by atoms with Crippen LogP contribution in [0.3, 0.4) is 0 Å². The zero-order chi connectivity index (χ0) is 20.4. The zero-order valence-corrected chi connectivity index (χ0v) is 17.0. The van der Waals surface area contributed by atoms with Gasteiger partial charge < -0.3 is 4.42 Å². The molecule has 6 rings (SSSR count). The molecule has 0 radical (unpaired) electrons. The van der Waals surface area contributed by atoms with Crippen LogP contribution < -0.4 is 0 Å². The van der Waals surface area contributed by atoms with Crippen molar-refractivity contribution in [2.75, 3.05) is 0 Å². The summed E-state index contributed by atoms with van der Waals surface area (Å²) >= 11 is 0. The third-order valence-corrected chi connectivity index (χ3v) is 5.71. The van der Waals surface area contributed by atoms with Crippen LogP contribution in [0.25, 0.3) is 55.0 Å². The van der Waals surface area contributed by atoms with E-state index in [1.165, 1.54) is 10.9 Å². The van der Waals surface area contributed by atoms with Crippen LogP contribution >= 0.6 is 0 Å². The van der Waals surface area contributed by atoms with Crippen molar-refractivity contribution in [2.45, 2.75) is 20.8 Å². The highest BCUT2D eigenvalue weighted by atomic mass is 16.3. The van der Waals surface area contributed by atoms with Gasteiger partial charge in [0.1, 0.15) is 11.4 Å². The Morgan fingerprint density at radius 3 is 2.43 bits per heavy atom. The summed E-state index contributed by atoms with van der Waals surface area (Å²) in [6.07, 6.45) is 0. The van der Waals surface area contributed by atoms with Crippen LogP contribution in [0.15, 0.2) is 65.1 Å². The van der Waals surface area contributed by atoms with Gasteiger partial charge in [-0.05, 0) is 56.5 Å². The molecule has 0 amide bonds. The third kappa shape index (κ3) is 2.43. The molecule has 0 aliphatic rings. The van der Waals surface area contributed by atoms with E-state index in [-0.39, 0.29) is 0 Å². The monoisotopic (exact) mass is 389 g/mol. The van der Waals surface area contributed by atoms with Crippen molar-refractivity contribution >= 4 is 43.7 Å². The molecule has 0 aliphatic heterocycles. The Morgan fingerprint density at radius 1 is 0.700 bits per heavy atom. The topological polar surface area (TPSA) is 51.8 Å². The second-order valence-electron chi connectivity index (χ2n) is 7.90.